The van der Waals surface area contributed by atoms with Crippen LogP contribution in [0.4, 0.5) is 0 Å². The van der Waals surface area contributed by atoms with E-state index in [0.717, 1.165) is 19.3 Å². The molecule has 4 aromatic rings. The third-order valence-electron chi connectivity index (χ3n) is 7.84. The SMILES string of the molecule is CCCc1cc2c(cc1-c1ccc3c(c1C)-c1ccccc1C3)-c1ccccc1C2(C)C. The molecule has 0 saturated carbocycles. The summed E-state index contributed by atoms with van der Waals surface area (Å²) in [6, 6.07) is 27.7. The van der Waals surface area contributed by atoms with E-state index in [4.69, 9.17) is 0 Å². The van der Waals surface area contributed by atoms with Gasteiger partial charge in [0.2, 0.25) is 0 Å². The van der Waals surface area contributed by atoms with Crippen molar-refractivity contribution in [3.63, 3.8) is 0 Å². The molecule has 0 radical (unpaired) electrons. The molecule has 0 bridgehead atoms. The van der Waals surface area contributed by atoms with Gasteiger partial charge < -0.3 is 0 Å². The molecule has 0 amide bonds. The monoisotopic (exact) mass is 414 g/mol. The molecular weight excluding hydrogens is 384 g/mol. The van der Waals surface area contributed by atoms with Crippen molar-refractivity contribution in [2.45, 2.75) is 52.4 Å². The molecule has 0 spiro atoms. The Morgan fingerprint density at radius 3 is 2.25 bits per heavy atom. The van der Waals surface area contributed by atoms with E-state index >= 15 is 0 Å². The van der Waals surface area contributed by atoms with Crippen molar-refractivity contribution >= 4 is 0 Å². The average Bonchev–Trinajstić information content (AvgIpc) is 3.28. The summed E-state index contributed by atoms with van der Waals surface area (Å²) < 4.78 is 0. The van der Waals surface area contributed by atoms with Crippen molar-refractivity contribution < 1.29 is 0 Å². The predicted octanol–water partition coefficient (Wildman–Crippen LogP) is 8.49. The first kappa shape index (κ1) is 19.6. The topological polar surface area (TPSA) is 0 Å². The maximum atomic E-state index is 2.52. The summed E-state index contributed by atoms with van der Waals surface area (Å²) in [6.45, 7) is 9.38. The number of fused-ring (bicyclic) bond motifs is 6. The number of aryl methyl sites for hydroxylation is 1. The van der Waals surface area contributed by atoms with E-state index in [0.29, 0.717) is 0 Å². The molecule has 158 valence electrons. The van der Waals surface area contributed by atoms with E-state index < -0.39 is 0 Å². The number of hydrogen-bond acceptors (Lipinski definition) is 0. The van der Waals surface area contributed by atoms with Gasteiger partial charge in [-0.25, -0.2) is 0 Å². The molecule has 0 aliphatic heterocycles. The Hall–Kier alpha value is -3.12. The van der Waals surface area contributed by atoms with Crippen molar-refractivity contribution in [1.82, 2.24) is 0 Å². The summed E-state index contributed by atoms with van der Waals surface area (Å²) in [5.74, 6) is 0. The normalized spacial score (nSPS) is 14.6. The Labute approximate surface area is 192 Å². The van der Waals surface area contributed by atoms with Crippen molar-refractivity contribution in [2.75, 3.05) is 0 Å². The van der Waals surface area contributed by atoms with Crippen LogP contribution in [0, 0.1) is 6.92 Å². The second-order valence-electron chi connectivity index (χ2n) is 10.1. The summed E-state index contributed by atoms with van der Waals surface area (Å²) in [7, 11) is 0. The highest BCUT2D eigenvalue weighted by Crippen LogP contribution is 2.51. The second kappa shape index (κ2) is 6.94. The van der Waals surface area contributed by atoms with Gasteiger partial charge in [-0.3, -0.25) is 0 Å². The van der Waals surface area contributed by atoms with Gasteiger partial charge in [-0.2, -0.15) is 0 Å². The molecule has 0 unspecified atom stereocenters. The number of hydrogen-bond donors (Lipinski definition) is 0. The molecule has 0 heteroatoms. The van der Waals surface area contributed by atoms with Gasteiger partial charge >= 0.3 is 0 Å². The fourth-order valence-corrected chi connectivity index (χ4v) is 6.22. The largest absolute Gasteiger partial charge is 0.0651 e. The minimum atomic E-state index is 0.0544. The lowest BCUT2D eigenvalue weighted by Crippen LogP contribution is -2.15. The van der Waals surface area contributed by atoms with Crippen LogP contribution >= 0.6 is 0 Å². The first-order valence-electron chi connectivity index (χ1n) is 12.0. The highest BCUT2D eigenvalue weighted by Gasteiger charge is 2.36. The zero-order valence-corrected chi connectivity index (χ0v) is 19.5. The molecule has 2 aliphatic rings. The third kappa shape index (κ3) is 2.62. The average molecular weight is 415 g/mol. The molecule has 4 aromatic carbocycles. The smallest absolute Gasteiger partial charge is 0.0158 e. The fourth-order valence-electron chi connectivity index (χ4n) is 6.22. The van der Waals surface area contributed by atoms with Crippen molar-refractivity contribution in [3.8, 4) is 33.4 Å². The first-order valence-corrected chi connectivity index (χ1v) is 12.0. The quantitative estimate of drug-likeness (QED) is 0.278. The zero-order valence-electron chi connectivity index (χ0n) is 19.5. The molecule has 0 nitrogen and oxygen atoms in total. The van der Waals surface area contributed by atoms with Crippen LogP contribution in [-0.2, 0) is 18.3 Å². The van der Waals surface area contributed by atoms with E-state index in [2.05, 4.69) is 100 Å². The Kier molecular flexibility index (Phi) is 4.24. The minimum Gasteiger partial charge on any atom is -0.0651 e. The lowest BCUT2D eigenvalue weighted by molar-refractivity contribution is 0.659. The van der Waals surface area contributed by atoms with Gasteiger partial charge in [-0.1, -0.05) is 93.9 Å². The maximum absolute atomic E-state index is 2.52. The summed E-state index contributed by atoms with van der Waals surface area (Å²) in [4.78, 5) is 0. The fraction of sp³-hybridized carbons (Fsp3) is 0.250. The number of rotatable bonds is 3. The Bertz CT molecular complexity index is 1380. The highest BCUT2D eigenvalue weighted by molar-refractivity contribution is 5.90. The summed E-state index contributed by atoms with van der Waals surface area (Å²) in [5, 5.41) is 0. The number of benzene rings is 4. The van der Waals surface area contributed by atoms with Gasteiger partial charge in [0.25, 0.3) is 0 Å². The predicted molar refractivity (Wildman–Crippen MR) is 136 cm³/mol. The van der Waals surface area contributed by atoms with Crippen LogP contribution in [0.25, 0.3) is 33.4 Å². The molecule has 0 fully saturated rings. The van der Waals surface area contributed by atoms with Crippen molar-refractivity contribution in [1.29, 1.82) is 0 Å². The van der Waals surface area contributed by atoms with Gasteiger partial charge in [0.05, 0.1) is 0 Å². The molecule has 0 aromatic heterocycles. The van der Waals surface area contributed by atoms with Crippen LogP contribution < -0.4 is 0 Å². The van der Waals surface area contributed by atoms with Crippen molar-refractivity contribution in [2.24, 2.45) is 0 Å². The van der Waals surface area contributed by atoms with Gasteiger partial charge in [0.1, 0.15) is 0 Å². The van der Waals surface area contributed by atoms with Gasteiger partial charge in [-0.15, -0.1) is 0 Å². The van der Waals surface area contributed by atoms with E-state index in [1.54, 1.807) is 0 Å². The highest BCUT2D eigenvalue weighted by atomic mass is 14.4. The maximum Gasteiger partial charge on any atom is 0.0158 e. The molecule has 6 rings (SSSR count). The summed E-state index contributed by atoms with van der Waals surface area (Å²) in [5.41, 5.74) is 17.4. The first-order chi connectivity index (χ1) is 15.5. The van der Waals surface area contributed by atoms with Gasteiger partial charge in [0.15, 0.2) is 0 Å². The standard InChI is InChI=1S/C32H30/c1-5-10-21-18-30-28(26-13-8-9-14-29(26)32(30,3)4)19-27(21)24-16-15-23-17-22-11-6-7-12-25(22)31(23)20(24)2/h6-9,11-16,18-19H,5,10,17H2,1-4H3. The van der Waals surface area contributed by atoms with Gasteiger partial charge in [-0.05, 0) is 92.6 Å². The molecule has 32 heavy (non-hydrogen) atoms. The zero-order chi connectivity index (χ0) is 22.0. The van der Waals surface area contributed by atoms with Crippen LogP contribution in [0.5, 0.6) is 0 Å². The Morgan fingerprint density at radius 2 is 1.44 bits per heavy atom. The molecule has 2 aliphatic carbocycles. The summed E-state index contributed by atoms with van der Waals surface area (Å²) >= 11 is 0. The Balaban J connectivity index is 1.61. The van der Waals surface area contributed by atoms with Crippen LogP contribution in [0.15, 0.2) is 72.8 Å². The van der Waals surface area contributed by atoms with Crippen LogP contribution in [0.2, 0.25) is 0 Å². The summed E-state index contributed by atoms with van der Waals surface area (Å²) in [6.07, 6.45) is 3.33. The van der Waals surface area contributed by atoms with Crippen LogP contribution in [-0.4, -0.2) is 0 Å². The van der Waals surface area contributed by atoms with Crippen LogP contribution in [0.1, 0.15) is 60.6 Å². The Morgan fingerprint density at radius 1 is 0.688 bits per heavy atom. The lowest BCUT2D eigenvalue weighted by atomic mass is 9.80. The van der Waals surface area contributed by atoms with E-state index in [1.165, 1.54) is 66.8 Å². The molecule has 0 heterocycles. The molecule has 0 saturated heterocycles. The second-order valence-corrected chi connectivity index (χ2v) is 10.1. The van der Waals surface area contributed by atoms with E-state index in [9.17, 15) is 0 Å². The van der Waals surface area contributed by atoms with E-state index in [1.807, 2.05) is 0 Å². The minimum absolute atomic E-state index is 0.0544. The van der Waals surface area contributed by atoms with E-state index in [-0.39, 0.29) is 5.41 Å². The third-order valence-corrected chi connectivity index (χ3v) is 7.84. The molecule has 0 N–H and O–H groups in total. The molecule has 0 atom stereocenters. The van der Waals surface area contributed by atoms with Gasteiger partial charge in [0, 0.05) is 5.41 Å². The van der Waals surface area contributed by atoms with Crippen molar-refractivity contribution in [3.05, 3.63) is 106 Å². The lowest BCUT2D eigenvalue weighted by Gasteiger charge is -2.23. The van der Waals surface area contributed by atoms with Crippen LogP contribution in [0.3, 0.4) is 0 Å². The molecular formula is C32H30.